The number of ether oxygens (including phenoxy) is 2. The normalized spacial score (nSPS) is 12.4. The van der Waals surface area contributed by atoms with Crippen LogP contribution in [0.15, 0.2) is 18.3 Å². The van der Waals surface area contributed by atoms with Gasteiger partial charge in [0.25, 0.3) is 0 Å². The SMILES string of the molecule is COCCCN(CCOC)c1ccc(C(C)O)cn1. The molecule has 0 amide bonds. The van der Waals surface area contributed by atoms with Crippen LogP contribution in [0, 0.1) is 0 Å². The lowest BCUT2D eigenvalue weighted by molar-refractivity contribution is 0.190. The Morgan fingerprint density at radius 2 is 1.95 bits per heavy atom. The van der Waals surface area contributed by atoms with Gasteiger partial charge in [0, 0.05) is 40.1 Å². The van der Waals surface area contributed by atoms with E-state index >= 15 is 0 Å². The maximum Gasteiger partial charge on any atom is 0.128 e. The van der Waals surface area contributed by atoms with Crippen LogP contribution in [0.4, 0.5) is 5.82 Å². The first kappa shape index (κ1) is 15.9. The molecule has 0 aliphatic rings. The quantitative estimate of drug-likeness (QED) is 0.690. The zero-order chi connectivity index (χ0) is 14.1. The summed E-state index contributed by atoms with van der Waals surface area (Å²) in [5.41, 5.74) is 0.826. The van der Waals surface area contributed by atoms with Crippen molar-refractivity contribution in [3.8, 4) is 0 Å². The van der Waals surface area contributed by atoms with Crippen molar-refractivity contribution in [2.24, 2.45) is 0 Å². The molecule has 0 bridgehead atoms. The summed E-state index contributed by atoms with van der Waals surface area (Å²) < 4.78 is 10.2. The number of aliphatic hydroxyl groups is 1. The van der Waals surface area contributed by atoms with Crippen LogP contribution in [-0.2, 0) is 9.47 Å². The van der Waals surface area contributed by atoms with E-state index in [4.69, 9.17) is 9.47 Å². The average Bonchev–Trinajstić information content (AvgIpc) is 2.43. The molecule has 0 radical (unpaired) electrons. The van der Waals surface area contributed by atoms with Gasteiger partial charge < -0.3 is 19.5 Å². The maximum absolute atomic E-state index is 9.48. The van der Waals surface area contributed by atoms with E-state index in [1.54, 1.807) is 27.3 Å². The molecule has 1 heterocycles. The predicted molar refractivity (Wildman–Crippen MR) is 75.5 cm³/mol. The van der Waals surface area contributed by atoms with Gasteiger partial charge in [-0.15, -0.1) is 0 Å². The zero-order valence-corrected chi connectivity index (χ0v) is 12.0. The Labute approximate surface area is 115 Å². The number of methoxy groups -OCH3 is 2. The minimum Gasteiger partial charge on any atom is -0.389 e. The number of anilines is 1. The standard InChI is InChI=1S/C14H24N2O3/c1-12(17)13-5-6-14(15-11-13)16(8-10-19-3)7-4-9-18-2/h5-6,11-12,17H,4,7-10H2,1-3H3. The number of aliphatic hydroxyl groups excluding tert-OH is 1. The van der Waals surface area contributed by atoms with E-state index in [-0.39, 0.29) is 0 Å². The first-order chi connectivity index (χ1) is 9.19. The van der Waals surface area contributed by atoms with E-state index in [0.717, 1.165) is 37.5 Å². The molecule has 0 aromatic carbocycles. The summed E-state index contributed by atoms with van der Waals surface area (Å²) >= 11 is 0. The average molecular weight is 268 g/mol. The Kier molecular flexibility index (Phi) is 7.40. The predicted octanol–water partition coefficient (Wildman–Crippen LogP) is 1.62. The van der Waals surface area contributed by atoms with Crippen LogP contribution >= 0.6 is 0 Å². The van der Waals surface area contributed by atoms with E-state index in [9.17, 15) is 5.11 Å². The summed E-state index contributed by atoms with van der Waals surface area (Å²) in [6.07, 6.45) is 2.18. The van der Waals surface area contributed by atoms with Crippen molar-refractivity contribution < 1.29 is 14.6 Å². The second-order valence-electron chi connectivity index (χ2n) is 4.45. The second-order valence-corrected chi connectivity index (χ2v) is 4.45. The van der Waals surface area contributed by atoms with E-state index < -0.39 is 6.10 Å². The lowest BCUT2D eigenvalue weighted by Crippen LogP contribution is -2.29. The highest BCUT2D eigenvalue weighted by Gasteiger charge is 2.08. The van der Waals surface area contributed by atoms with Crippen molar-refractivity contribution in [2.75, 3.05) is 45.4 Å². The Morgan fingerprint density at radius 1 is 1.21 bits per heavy atom. The third-order valence-corrected chi connectivity index (χ3v) is 2.92. The molecule has 1 N–H and O–H groups in total. The molecular weight excluding hydrogens is 244 g/mol. The van der Waals surface area contributed by atoms with Gasteiger partial charge in [0.15, 0.2) is 0 Å². The Bertz CT molecular complexity index is 341. The van der Waals surface area contributed by atoms with Crippen molar-refractivity contribution in [1.29, 1.82) is 0 Å². The van der Waals surface area contributed by atoms with Crippen LogP contribution in [0.1, 0.15) is 25.0 Å². The second kappa shape index (κ2) is 8.85. The Balaban J connectivity index is 2.66. The number of pyridine rings is 1. The Hall–Kier alpha value is -1.17. The molecule has 0 aliphatic heterocycles. The third kappa shape index (κ3) is 5.55. The van der Waals surface area contributed by atoms with Gasteiger partial charge in [0.05, 0.1) is 12.7 Å². The number of rotatable bonds is 9. The van der Waals surface area contributed by atoms with Gasteiger partial charge in [-0.05, 0) is 25.0 Å². The minimum absolute atomic E-state index is 0.484. The smallest absolute Gasteiger partial charge is 0.128 e. The molecular formula is C14H24N2O3. The lowest BCUT2D eigenvalue weighted by Gasteiger charge is -2.23. The summed E-state index contributed by atoms with van der Waals surface area (Å²) in [6.45, 7) is 4.79. The van der Waals surface area contributed by atoms with Gasteiger partial charge in [0.1, 0.15) is 5.82 Å². The molecule has 1 rings (SSSR count). The van der Waals surface area contributed by atoms with Crippen LogP contribution in [0.3, 0.4) is 0 Å². The van der Waals surface area contributed by atoms with E-state index in [0.29, 0.717) is 6.61 Å². The van der Waals surface area contributed by atoms with Gasteiger partial charge in [-0.25, -0.2) is 4.98 Å². The highest BCUT2D eigenvalue weighted by Crippen LogP contribution is 2.16. The third-order valence-electron chi connectivity index (χ3n) is 2.92. The highest BCUT2D eigenvalue weighted by molar-refractivity contribution is 5.39. The molecule has 0 fully saturated rings. The van der Waals surface area contributed by atoms with Gasteiger partial charge in [-0.2, -0.15) is 0 Å². The summed E-state index contributed by atoms with van der Waals surface area (Å²) in [5.74, 6) is 0.901. The fraction of sp³-hybridized carbons (Fsp3) is 0.643. The van der Waals surface area contributed by atoms with Gasteiger partial charge in [-0.3, -0.25) is 0 Å². The summed E-state index contributed by atoms with van der Waals surface area (Å²) in [7, 11) is 3.40. The Morgan fingerprint density at radius 3 is 2.47 bits per heavy atom. The topological polar surface area (TPSA) is 54.8 Å². The van der Waals surface area contributed by atoms with Crippen molar-refractivity contribution in [3.63, 3.8) is 0 Å². The molecule has 5 heteroatoms. The van der Waals surface area contributed by atoms with Crippen molar-refractivity contribution >= 4 is 5.82 Å². The largest absolute Gasteiger partial charge is 0.389 e. The van der Waals surface area contributed by atoms with Crippen molar-refractivity contribution in [3.05, 3.63) is 23.9 Å². The van der Waals surface area contributed by atoms with E-state index in [2.05, 4.69) is 9.88 Å². The fourth-order valence-electron chi connectivity index (χ4n) is 1.77. The van der Waals surface area contributed by atoms with Crippen molar-refractivity contribution in [2.45, 2.75) is 19.4 Å². The fourth-order valence-corrected chi connectivity index (χ4v) is 1.77. The molecule has 0 saturated heterocycles. The molecule has 1 aromatic rings. The molecule has 5 nitrogen and oxygen atoms in total. The molecule has 1 atom stereocenters. The molecule has 1 aromatic heterocycles. The molecule has 19 heavy (non-hydrogen) atoms. The van der Waals surface area contributed by atoms with Crippen LogP contribution in [0.25, 0.3) is 0 Å². The van der Waals surface area contributed by atoms with Crippen LogP contribution in [-0.4, -0.2) is 50.6 Å². The number of hydrogen-bond donors (Lipinski definition) is 1. The molecule has 0 saturated carbocycles. The molecule has 0 aliphatic carbocycles. The van der Waals surface area contributed by atoms with Crippen LogP contribution in [0.5, 0.6) is 0 Å². The first-order valence-electron chi connectivity index (χ1n) is 6.56. The van der Waals surface area contributed by atoms with Gasteiger partial charge in [0.2, 0.25) is 0 Å². The zero-order valence-electron chi connectivity index (χ0n) is 12.0. The summed E-state index contributed by atoms with van der Waals surface area (Å²) in [5, 5.41) is 9.48. The van der Waals surface area contributed by atoms with E-state index in [1.165, 1.54) is 0 Å². The summed E-state index contributed by atoms with van der Waals surface area (Å²) in [4.78, 5) is 6.56. The number of aromatic nitrogens is 1. The van der Waals surface area contributed by atoms with Gasteiger partial charge >= 0.3 is 0 Å². The monoisotopic (exact) mass is 268 g/mol. The number of hydrogen-bond acceptors (Lipinski definition) is 5. The number of nitrogens with zero attached hydrogens (tertiary/aromatic N) is 2. The van der Waals surface area contributed by atoms with Crippen molar-refractivity contribution in [1.82, 2.24) is 4.98 Å². The summed E-state index contributed by atoms with van der Waals surface area (Å²) in [6, 6.07) is 3.84. The van der Waals surface area contributed by atoms with Gasteiger partial charge in [-0.1, -0.05) is 6.07 Å². The highest BCUT2D eigenvalue weighted by atomic mass is 16.5. The maximum atomic E-state index is 9.48. The van der Waals surface area contributed by atoms with Crippen LogP contribution in [0.2, 0.25) is 0 Å². The van der Waals surface area contributed by atoms with E-state index in [1.807, 2.05) is 12.1 Å². The lowest BCUT2D eigenvalue weighted by atomic mass is 10.2. The first-order valence-corrected chi connectivity index (χ1v) is 6.56. The molecule has 0 spiro atoms. The minimum atomic E-state index is -0.484. The van der Waals surface area contributed by atoms with Crippen LogP contribution < -0.4 is 4.90 Å². The molecule has 108 valence electrons. The molecule has 1 unspecified atom stereocenters.